The maximum Gasteiger partial charge on any atom is 0.319 e. The fourth-order valence-electron chi connectivity index (χ4n) is 3.78. The van der Waals surface area contributed by atoms with Crippen LogP contribution in [0, 0.1) is 0 Å². The first-order valence-corrected chi connectivity index (χ1v) is 11.5. The number of urea groups is 1. The van der Waals surface area contributed by atoms with Crippen LogP contribution in [0.25, 0.3) is 0 Å². The molecular formula is C26H29N5O4. The molecule has 3 aromatic rings. The summed E-state index contributed by atoms with van der Waals surface area (Å²) in [6.45, 7) is 3.04. The van der Waals surface area contributed by atoms with Gasteiger partial charge in [-0.2, -0.15) is 0 Å². The zero-order valence-electron chi connectivity index (χ0n) is 19.6. The minimum Gasteiger partial charge on any atom is -0.493 e. The molecule has 9 nitrogen and oxygen atoms in total. The second kappa shape index (κ2) is 11.7. The van der Waals surface area contributed by atoms with Crippen LogP contribution in [0.2, 0.25) is 0 Å². The summed E-state index contributed by atoms with van der Waals surface area (Å²) in [5, 5.41) is 5.50. The van der Waals surface area contributed by atoms with E-state index in [1.807, 2.05) is 47.4 Å². The van der Waals surface area contributed by atoms with Crippen LogP contribution in [0.3, 0.4) is 0 Å². The number of aromatic nitrogens is 1. The number of pyridine rings is 1. The molecular weight excluding hydrogens is 446 g/mol. The van der Waals surface area contributed by atoms with Crippen molar-refractivity contribution in [2.45, 2.75) is 6.42 Å². The molecule has 0 aliphatic carbocycles. The van der Waals surface area contributed by atoms with E-state index >= 15 is 0 Å². The number of hydrogen-bond donors (Lipinski definition) is 2. The molecule has 0 unspecified atom stereocenters. The first kappa shape index (κ1) is 23.9. The molecule has 2 heterocycles. The second-order valence-corrected chi connectivity index (χ2v) is 7.96. The van der Waals surface area contributed by atoms with Gasteiger partial charge in [-0.05, 0) is 48.5 Å². The molecule has 0 bridgehead atoms. The van der Waals surface area contributed by atoms with Crippen molar-refractivity contribution in [1.29, 1.82) is 0 Å². The normalized spacial score (nSPS) is 13.2. The number of nitrogens with one attached hydrogen (secondary N) is 2. The Morgan fingerprint density at radius 3 is 2.31 bits per heavy atom. The highest BCUT2D eigenvalue weighted by atomic mass is 16.5. The standard InChI is InChI=1S/C26H29N5O4/c1-34-22-6-2-3-7-23(22)35-21-11-9-20(10-12-21)29-26(33)28-15-13-25(32)31-18-16-30(17-19-31)24-8-4-5-14-27-24/h2-12,14H,13,15-19H2,1H3,(H2,28,29,33). The molecule has 1 saturated heterocycles. The van der Waals surface area contributed by atoms with Crippen LogP contribution < -0.4 is 25.0 Å². The predicted octanol–water partition coefficient (Wildman–Crippen LogP) is 3.74. The Morgan fingerprint density at radius 2 is 1.63 bits per heavy atom. The number of amides is 3. The van der Waals surface area contributed by atoms with Gasteiger partial charge in [0, 0.05) is 51.0 Å². The van der Waals surface area contributed by atoms with Gasteiger partial charge in [0.25, 0.3) is 0 Å². The van der Waals surface area contributed by atoms with Gasteiger partial charge in [-0.3, -0.25) is 4.79 Å². The summed E-state index contributed by atoms with van der Waals surface area (Å²) in [4.78, 5) is 33.1. The average Bonchev–Trinajstić information content (AvgIpc) is 2.90. The fourth-order valence-corrected chi connectivity index (χ4v) is 3.78. The lowest BCUT2D eigenvalue weighted by molar-refractivity contribution is -0.131. The zero-order chi connectivity index (χ0) is 24.5. The van der Waals surface area contributed by atoms with E-state index in [2.05, 4.69) is 20.5 Å². The zero-order valence-corrected chi connectivity index (χ0v) is 19.6. The number of anilines is 2. The van der Waals surface area contributed by atoms with Crippen LogP contribution in [0.5, 0.6) is 17.2 Å². The lowest BCUT2D eigenvalue weighted by atomic mass is 10.2. The van der Waals surface area contributed by atoms with E-state index in [1.165, 1.54) is 0 Å². The third kappa shape index (κ3) is 6.63. The molecule has 1 aliphatic rings. The number of benzene rings is 2. The van der Waals surface area contributed by atoms with E-state index in [0.717, 1.165) is 18.9 Å². The highest BCUT2D eigenvalue weighted by Gasteiger charge is 2.21. The molecule has 1 aliphatic heterocycles. The van der Waals surface area contributed by atoms with Crippen molar-refractivity contribution in [3.63, 3.8) is 0 Å². The number of carbonyl (C=O) groups is 2. The Bertz CT molecular complexity index is 1120. The number of methoxy groups -OCH3 is 1. The van der Waals surface area contributed by atoms with Gasteiger partial charge in [0.1, 0.15) is 11.6 Å². The molecule has 9 heteroatoms. The highest BCUT2D eigenvalue weighted by molar-refractivity contribution is 5.89. The SMILES string of the molecule is COc1ccccc1Oc1ccc(NC(=O)NCCC(=O)N2CCN(c3ccccn3)CC2)cc1. The average molecular weight is 476 g/mol. The van der Waals surface area contributed by atoms with E-state index < -0.39 is 0 Å². The summed E-state index contributed by atoms with van der Waals surface area (Å²) in [6, 6.07) is 19.8. The number of ether oxygens (including phenoxy) is 2. The monoisotopic (exact) mass is 475 g/mol. The quantitative estimate of drug-likeness (QED) is 0.515. The van der Waals surface area contributed by atoms with Gasteiger partial charge in [-0.15, -0.1) is 0 Å². The van der Waals surface area contributed by atoms with Gasteiger partial charge >= 0.3 is 6.03 Å². The highest BCUT2D eigenvalue weighted by Crippen LogP contribution is 2.31. The lowest BCUT2D eigenvalue weighted by Crippen LogP contribution is -2.49. The number of hydrogen-bond acceptors (Lipinski definition) is 6. The Balaban J connectivity index is 1.17. The summed E-state index contributed by atoms with van der Waals surface area (Å²) in [5.41, 5.74) is 0.617. The van der Waals surface area contributed by atoms with Crippen LogP contribution in [0.1, 0.15) is 6.42 Å². The Kier molecular flexibility index (Phi) is 8.00. The predicted molar refractivity (Wildman–Crippen MR) is 134 cm³/mol. The Morgan fingerprint density at radius 1 is 0.914 bits per heavy atom. The van der Waals surface area contributed by atoms with Gasteiger partial charge in [-0.25, -0.2) is 9.78 Å². The fraction of sp³-hybridized carbons (Fsp3) is 0.269. The first-order chi connectivity index (χ1) is 17.1. The third-order valence-electron chi connectivity index (χ3n) is 5.64. The van der Waals surface area contributed by atoms with Gasteiger partial charge in [0.05, 0.1) is 7.11 Å². The molecule has 0 radical (unpaired) electrons. The summed E-state index contributed by atoms with van der Waals surface area (Å²) in [6.07, 6.45) is 2.02. The lowest BCUT2D eigenvalue weighted by Gasteiger charge is -2.35. The van der Waals surface area contributed by atoms with Crippen molar-refractivity contribution < 1.29 is 19.1 Å². The maximum atomic E-state index is 12.5. The van der Waals surface area contributed by atoms with Crippen molar-refractivity contribution in [3.05, 3.63) is 72.9 Å². The van der Waals surface area contributed by atoms with Crippen LogP contribution in [-0.4, -0.2) is 61.7 Å². The van der Waals surface area contributed by atoms with E-state index in [-0.39, 0.29) is 24.9 Å². The smallest absolute Gasteiger partial charge is 0.319 e. The molecule has 35 heavy (non-hydrogen) atoms. The van der Waals surface area contributed by atoms with Crippen molar-refractivity contribution >= 4 is 23.4 Å². The molecule has 2 N–H and O–H groups in total. The van der Waals surface area contributed by atoms with E-state index in [1.54, 1.807) is 37.6 Å². The molecule has 1 aromatic heterocycles. The molecule has 4 rings (SSSR count). The van der Waals surface area contributed by atoms with Crippen molar-refractivity contribution in [2.24, 2.45) is 0 Å². The number of carbonyl (C=O) groups excluding carboxylic acids is 2. The van der Waals surface area contributed by atoms with Crippen LogP contribution in [-0.2, 0) is 4.79 Å². The number of rotatable bonds is 8. The van der Waals surface area contributed by atoms with Crippen LogP contribution in [0.15, 0.2) is 72.9 Å². The summed E-state index contributed by atoms with van der Waals surface area (Å²) >= 11 is 0. The van der Waals surface area contributed by atoms with Crippen molar-refractivity contribution in [1.82, 2.24) is 15.2 Å². The minimum absolute atomic E-state index is 0.0313. The molecule has 0 spiro atoms. The van der Waals surface area contributed by atoms with Crippen LogP contribution >= 0.6 is 0 Å². The van der Waals surface area contributed by atoms with Gasteiger partial charge < -0.3 is 29.9 Å². The molecule has 0 atom stereocenters. The molecule has 0 saturated carbocycles. The topological polar surface area (TPSA) is 96.0 Å². The second-order valence-electron chi connectivity index (χ2n) is 7.96. The number of para-hydroxylation sites is 2. The van der Waals surface area contributed by atoms with Gasteiger partial charge in [0.15, 0.2) is 11.5 Å². The molecule has 1 fully saturated rings. The molecule has 2 aromatic carbocycles. The summed E-state index contributed by atoms with van der Waals surface area (Å²) < 4.78 is 11.1. The maximum absolute atomic E-state index is 12.5. The number of piperazine rings is 1. The molecule has 3 amide bonds. The Hall–Kier alpha value is -4.27. The van der Waals surface area contributed by atoms with Gasteiger partial charge in [0.2, 0.25) is 5.91 Å². The van der Waals surface area contributed by atoms with Crippen LogP contribution in [0.4, 0.5) is 16.3 Å². The Labute approximate surface area is 204 Å². The third-order valence-corrected chi connectivity index (χ3v) is 5.64. The number of nitrogens with zero attached hydrogens (tertiary/aromatic N) is 3. The minimum atomic E-state index is -0.365. The van der Waals surface area contributed by atoms with E-state index in [4.69, 9.17) is 9.47 Å². The van der Waals surface area contributed by atoms with Crippen molar-refractivity contribution in [2.75, 3.05) is 50.1 Å². The molecule has 182 valence electrons. The van der Waals surface area contributed by atoms with Gasteiger partial charge in [-0.1, -0.05) is 18.2 Å². The largest absolute Gasteiger partial charge is 0.493 e. The summed E-state index contributed by atoms with van der Waals surface area (Å²) in [7, 11) is 1.59. The van der Waals surface area contributed by atoms with E-state index in [9.17, 15) is 9.59 Å². The first-order valence-electron chi connectivity index (χ1n) is 11.5. The van der Waals surface area contributed by atoms with Crippen molar-refractivity contribution in [3.8, 4) is 17.2 Å². The summed E-state index contributed by atoms with van der Waals surface area (Å²) in [5.74, 6) is 2.82. The van der Waals surface area contributed by atoms with E-state index in [0.29, 0.717) is 36.0 Å².